The predicted octanol–water partition coefficient (Wildman–Crippen LogP) is 2.90. The first-order valence-electron chi connectivity index (χ1n) is 8.75. The van der Waals surface area contributed by atoms with Crippen LogP contribution >= 0.6 is 0 Å². The first kappa shape index (κ1) is 16.6. The Morgan fingerprint density at radius 1 is 1.31 bits per heavy atom. The van der Waals surface area contributed by atoms with Gasteiger partial charge in [-0.15, -0.1) is 0 Å². The van der Waals surface area contributed by atoms with Crippen molar-refractivity contribution in [2.75, 3.05) is 37.0 Å². The molecule has 2 aromatic rings. The molecule has 0 bridgehead atoms. The third kappa shape index (κ3) is 3.16. The summed E-state index contributed by atoms with van der Waals surface area (Å²) in [5.74, 6) is 0.320. The molecule has 2 aliphatic heterocycles. The molecular formula is C19H21FN4O2. The van der Waals surface area contributed by atoms with Gasteiger partial charge in [-0.3, -0.25) is 0 Å². The monoisotopic (exact) mass is 356 g/mol. The summed E-state index contributed by atoms with van der Waals surface area (Å²) in [5, 5.41) is 2.85. The van der Waals surface area contributed by atoms with Crippen molar-refractivity contribution in [3.63, 3.8) is 0 Å². The van der Waals surface area contributed by atoms with E-state index in [4.69, 9.17) is 4.74 Å². The predicted molar refractivity (Wildman–Crippen MR) is 97.2 cm³/mol. The Kier molecular flexibility index (Phi) is 4.36. The minimum atomic E-state index is -0.187. The number of benzene rings is 1. The highest BCUT2D eigenvalue weighted by atomic mass is 19.1. The highest BCUT2D eigenvalue weighted by Crippen LogP contribution is 2.32. The van der Waals surface area contributed by atoms with Crippen LogP contribution in [0, 0.1) is 5.82 Å². The van der Waals surface area contributed by atoms with Gasteiger partial charge in [0.25, 0.3) is 0 Å². The summed E-state index contributed by atoms with van der Waals surface area (Å²) in [6.45, 7) is 2.26. The van der Waals surface area contributed by atoms with E-state index < -0.39 is 0 Å². The maximum atomic E-state index is 13.4. The third-order valence-corrected chi connectivity index (χ3v) is 4.98. The number of nitrogens with zero attached hydrogens (tertiary/aromatic N) is 3. The number of likely N-dealkylation sites (tertiary alicyclic amines) is 1. The number of aryl methyl sites for hydroxylation is 1. The fourth-order valence-electron chi connectivity index (χ4n) is 3.57. The van der Waals surface area contributed by atoms with Crippen LogP contribution < -0.4 is 15.0 Å². The summed E-state index contributed by atoms with van der Waals surface area (Å²) < 4.78 is 18.5. The molecule has 2 aliphatic rings. The van der Waals surface area contributed by atoms with Crippen LogP contribution in [0.25, 0.3) is 0 Å². The molecule has 1 fully saturated rings. The quantitative estimate of drug-likeness (QED) is 0.919. The number of carbonyl (C=O) groups is 1. The molecule has 136 valence electrons. The molecule has 0 aliphatic carbocycles. The second-order valence-corrected chi connectivity index (χ2v) is 6.65. The number of nitrogens with one attached hydrogen (secondary N) is 1. The summed E-state index contributed by atoms with van der Waals surface area (Å²) in [4.78, 5) is 20.5. The molecule has 0 unspecified atom stereocenters. The number of ether oxygens (including phenoxy) is 1. The number of anilines is 2. The van der Waals surface area contributed by atoms with Crippen LogP contribution in [0.2, 0.25) is 0 Å². The Balaban J connectivity index is 1.36. The SMILES string of the molecule is COc1ccc(NC(=O)N2CC(N3CCCc4cc(F)ccc43)C2)cn1. The zero-order chi connectivity index (χ0) is 18.1. The van der Waals surface area contributed by atoms with Crippen molar-refractivity contribution in [1.82, 2.24) is 9.88 Å². The molecule has 1 N–H and O–H groups in total. The number of amides is 2. The highest BCUT2D eigenvalue weighted by molar-refractivity contribution is 5.90. The Bertz CT molecular complexity index is 806. The second-order valence-electron chi connectivity index (χ2n) is 6.65. The maximum absolute atomic E-state index is 13.4. The van der Waals surface area contributed by atoms with Crippen molar-refractivity contribution < 1.29 is 13.9 Å². The minimum absolute atomic E-state index is 0.135. The largest absolute Gasteiger partial charge is 0.481 e. The van der Waals surface area contributed by atoms with Gasteiger partial charge in [-0.2, -0.15) is 0 Å². The molecule has 1 saturated heterocycles. The van der Waals surface area contributed by atoms with Crippen LogP contribution in [-0.2, 0) is 6.42 Å². The normalized spacial score (nSPS) is 16.7. The van der Waals surface area contributed by atoms with Crippen molar-refractivity contribution in [2.45, 2.75) is 18.9 Å². The van der Waals surface area contributed by atoms with Crippen molar-refractivity contribution in [2.24, 2.45) is 0 Å². The van der Waals surface area contributed by atoms with Gasteiger partial charge in [0.2, 0.25) is 5.88 Å². The average Bonchev–Trinajstić information content (AvgIpc) is 2.61. The van der Waals surface area contributed by atoms with E-state index in [2.05, 4.69) is 15.2 Å². The maximum Gasteiger partial charge on any atom is 0.322 e. The van der Waals surface area contributed by atoms with Crippen molar-refractivity contribution >= 4 is 17.4 Å². The lowest BCUT2D eigenvalue weighted by Gasteiger charge is -2.48. The number of carbonyl (C=O) groups excluding carboxylic acids is 1. The van der Waals surface area contributed by atoms with Crippen LogP contribution in [0.5, 0.6) is 5.88 Å². The standard InChI is InChI=1S/C19H21FN4O2/c1-26-18-7-5-15(10-21-18)22-19(25)23-11-16(12-23)24-8-2-3-13-9-14(20)4-6-17(13)24/h4-7,9-10,16H,2-3,8,11-12H2,1H3,(H,22,25). The van der Waals surface area contributed by atoms with Crippen molar-refractivity contribution in [1.29, 1.82) is 0 Å². The first-order chi connectivity index (χ1) is 12.6. The summed E-state index contributed by atoms with van der Waals surface area (Å²) in [6, 6.07) is 8.60. The Labute approximate surface area is 151 Å². The fourth-order valence-corrected chi connectivity index (χ4v) is 3.57. The topological polar surface area (TPSA) is 57.7 Å². The second kappa shape index (κ2) is 6.82. The van der Waals surface area contributed by atoms with Gasteiger partial charge in [0, 0.05) is 31.4 Å². The van der Waals surface area contributed by atoms with Gasteiger partial charge in [-0.25, -0.2) is 14.2 Å². The van der Waals surface area contributed by atoms with Crippen LogP contribution in [0.1, 0.15) is 12.0 Å². The van der Waals surface area contributed by atoms with Gasteiger partial charge >= 0.3 is 6.03 Å². The number of rotatable bonds is 3. The van der Waals surface area contributed by atoms with Crippen LogP contribution in [0.15, 0.2) is 36.5 Å². The summed E-state index contributed by atoms with van der Waals surface area (Å²) in [6.07, 6.45) is 3.49. The molecule has 7 heteroatoms. The summed E-state index contributed by atoms with van der Waals surface area (Å²) >= 11 is 0. The molecule has 0 radical (unpaired) electrons. The molecule has 4 rings (SSSR count). The molecule has 1 aromatic carbocycles. The Morgan fingerprint density at radius 2 is 2.15 bits per heavy atom. The molecule has 26 heavy (non-hydrogen) atoms. The zero-order valence-electron chi connectivity index (χ0n) is 14.6. The fraction of sp³-hybridized carbons (Fsp3) is 0.368. The van der Waals surface area contributed by atoms with Crippen LogP contribution in [0.3, 0.4) is 0 Å². The van der Waals surface area contributed by atoms with Gasteiger partial charge in [-0.05, 0) is 42.7 Å². The smallest absolute Gasteiger partial charge is 0.322 e. The Morgan fingerprint density at radius 3 is 2.88 bits per heavy atom. The van der Waals surface area contributed by atoms with E-state index in [0.29, 0.717) is 24.7 Å². The van der Waals surface area contributed by atoms with E-state index in [1.54, 1.807) is 36.4 Å². The average molecular weight is 356 g/mol. The Hall–Kier alpha value is -2.83. The lowest BCUT2D eigenvalue weighted by Crippen LogP contribution is -2.62. The van der Waals surface area contributed by atoms with E-state index in [0.717, 1.165) is 30.6 Å². The first-order valence-corrected chi connectivity index (χ1v) is 8.75. The number of methoxy groups -OCH3 is 1. The number of hydrogen-bond donors (Lipinski definition) is 1. The van der Waals surface area contributed by atoms with E-state index >= 15 is 0 Å². The number of urea groups is 1. The third-order valence-electron chi connectivity index (χ3n) is 4.98. The number of fused-ring (bicyclic) bond motifs is 1. The molecule has 2 amide bonds. The van der Waals surface area contributed by atoms with E-state index in [-0.39, 0.29) is 17.9 Å². The van der Waals surface area contributed by atoms with Gasteiger partial charge in [0.1, 0.15) is 5.82 Å². The molecule has 1 aromatic heterocycles. The van der Waals surface area contributed by atoms with Gasteiger partial charge in [0.15, 0.2) is 0 Å². The zero-order valence-corrected chi connectivity index (χ0v) is 14.6. The lowest BCUT2D eigenvalue weighted by molar-refractivity contribution is 0.160. The van der Waals surface area contributed by atoms with Crippen molar-refractivity contribution in [3.8, 4) is 5.88 Å². The molecule has 0 spiro atoms. The van der Waals surface area contributed by atoms with Crippen molar-refractivity contribution in [3.05, 3.63) is 47.9 Å². The molecule has 3 heterocycles. The van der Waals surface area contributed by atoms with E-state index in [1.165, 1.54) is 6.07 Å². The van der Waals surface area contributed by atoms with Crippen LogP contribution in [0.4, 0.5) is 20.6 Å². The van der Waals surface area contributed by atoms with Gasteiger partial charge in [0.05, 0.1) is 25.0 Å². The molecule has 6 nitrogen and oxygen atoms in total. The number of pyridine rings is 1. The molecule has 0 atom stereocenters. The summed E-state index contributed by atoms with van der Waals surface area (Å²) in [5.41, 5.74) is 2.79. The number of aromatic nitrogens is 1. The highest BCUT2D eigenvalue weighted by Gasteiger charge is 2.36. The number of hydrogen-bond acceptors (Lipinski definition) is 4. The van der Waals surface area contributed by atoms with Gasteiger partial charge in [-0.1, -0.05) is 0 Å². The molecule has 0 saturated carbocycles. The van der Waals surface area contributed by atoms with E-state index in [1.807, 2.05) is 6.07 Å². The summed E-state index contributed by atoms with van der Waals surface area (Å²) in [7, 11) is 1.55. The van der Waals surface area contributed by atoms with E-state index in [9.17, 15) is 9.18 Å². The molecular weight excluding hydrogens is 335 g/mol. The van der Waals surface area contributed by atoms with Crippen LogP contribution in [-0.4, -0.2) is 48.7 Å². The minimum Gasteiger partial charge on any atom is -0.481 e. The lowest BCUT2D eigenvalue weighted by atomic mass is 9.97. The van der Waals surface area contributed by atoms with Gasteiger partial charge < -0.3 is 19.9 Å². The number of halogens is 1.